The van der Waals surface area contributed by atoms with E-state index in [1.165, 1.54) is 0 Å². The topological polar surface area (TPSA) is 23.5 Å². The number of rotatable bonds is 2. The van der Waals surface area contributed by atoms with Gasteiger partial charge >= 0.3 is 0 Å². The molecule has 1 N–H and O–H groups in total. The molecule has 1 rings (SSSR count). The Balaban J connectivity index is 2.50. The van der Waals surface area contributed by atoms with E-state index < -0.39 is 0 Å². The van der Waals surface area contributed by atoms with Crippen molar-refractivity contribution in [2.75, 3.05) is 13.1 Å². The molecule has 0 amide bonds. The van der Waals surface area contributed by atoms with Crippen molar-refractivity contribution in [3.63, 3.8) is 0 Å². The molecule has 0 bridgehead atoms. The van der Waals surface area contributed by atoms with Crippen LogP contribution in [0, 0.1) is 0 Å². The molecule has 1 saturated heterocycles. The average molecular weight is 171 g/mol. The molecule has 2 nitrogen and oxygen atoms in total. The maximum absolute atomic E-state index is 9.50. The summed E-state index contributed by atoms with van der Waals surface area (Å²) in [7, 11) is 0. The van der Waals surface area contributed by atoms with E-state index in [1.54, 1.807) is 0 Å². The van der Waals surface area contributed by atoms with Crippen LogP contribution in [0.1, 0.15) is 40.0 Å². The summed E-state index contributed by atoms with van der Waals surface area (Å²) in [6.45, 7) is 8.73. The fourth-order valence-corrected chi connectivity index (χ4v) is 1.73. The molecule has 0 aromatic heterocycles. The number of hydrogen-bond acceptors (Lipinski definition) is 2. The third-order valence-corrected chi connectivity index (χ3v) is 3.12. The maximum Gasteiger partial charge on any atom is 0.0667 e. The summed E-state index contributed by atoms with van der Waals surface area (Å²) in [5.74, 6) is 0. The lowest BCUT2D eigenvalue weighted by atomic mass is 9.95. The molecule has 2 heteroatoms. The molecule has 1 atom stereocenters. The molecule has 0 radical (unpaired) electrons. The zero-order chi connectivity index (χ0) is 9.19. The van der Waals surface area contributed by atoms with Gasteiger partial charge in [0.1, 0.15) is 0 Å². The van der Waals surface area contributed by atoms with E-state index in [4.69, 9.17) is 0 Å². The fourth-order valence-electron chi connectivity index (χ4n) is 1.73. The van der Waals surface area contributed by atoms with Gasteiger partial charge in [0.2, 0.25) is 0 Å². The molecule has 12 heavy (non-hydrogen) atoms. The first-order chi connectivity index (χ1) is 5.56. The van der Waals surface area contributed by atoms with Crippen LogP contribution in [0.25, 0.3) is 0 Å². The van der Waals surface area contributed by atoms with Gasteiger partial charge in [-0.05, 0) is 39.7 Å². The van der Waals surface area contributed by atoms with Crippen LogP contribution in [0.5, 0.6) is 0 Å². The van der Waals surface area contributed by atoms with Gasteiger partial charge in [0.15, 0.2) is 0 Å². The lowest BCUT2D eigenvalue weighted by Crippen LogP contribution is -2.50. The van der Waals surface area contributed by atoms with Crippen molar-refractivity contribution in [2.24, 2.45) is 0 Å². The first-order valence-electron chi connectivity index (χ1n) is 4.99. The number of likely N-dealkylation sites (tertiary alicyclic amines) is 1. The lowest BCUT2D eigenvalue weighted by Gasteiger charge is -2.42. The van der Waals surface area contributed by atoms with Crippen molar-refractivity contribution in [1.82, 2.24) is 4.90 Å². The minimum atomic E-state index is -0.0930. The zero-order valence-electron chi connectivity index (χ0n) is 8.51. The van der Waals surface area contributed by atoms with E-state index in [1.807, 2.05) is 0 Å². The predicted molar refractivity (Wildman–Crippen MR) is 51.2 cm³/mol. The van der Waals surface area contributed by atoms with Crippen LogP contribution >= 0.6 is 0 Å². The van der Waals surface area contributed by atoms with Crippen LogP contribution in [0.15, 0.2) is 0 Å². The van der Waals surface area contributed by atoms with Gasteiger partial charge in [-0.2, -0.15) is 0 Å². The third kappa shape index (κ3) is 2.20. The Morgan fingerprint density at radius 3 is 2.67 bits per heavy atom. The number of aliphatic hydroxyl groups excluding tert-OH is 1. The van der Waals surface area contributed by atoms with Gasteiger partial charge in [0, 0.05) is 12.1 Å². The second kappa shape index (κ2) is 3.75. The molecular formula is C10H21NO. The monoisotopic (exact) mass is 171 g/mol. The van der Waals surface area contributed by atoms with Crippen LogP contribution in [0.4, 0.5) is 0 Å². The molecular weight excluding hydrogens is 150 g/mol. The van der Waals surface area contributed by atoms with Gasteiger partial charge in [-0.25, -0.2) is 0 Å². The number of hydrogen-bond donors (Lipinski definition) is 1. The van der Waals surface area contributed by atoms with Crippen molar-refractivity contribution in [3.8, 4) is 0 Å². The largest absolute Gasteiger partial charge is 0.392 e. The van der Waals surface area contributed by atoms with Gasteiger partial charge < -0.3 is 5.11 Å². The molecule has 0 spiro atoms. The number of piperidine rings is 1. The SMILES string of the molecule is CCC(C)(C)N1CCCC(O)C1. The lowest BCUT2D eigenvalue weighted by molar-refractivity contribution is 0.0137. The highest BCUT2D eigenvalue weighted by molar-refractivity contribution is 4.84. The van der Waals surface area contributed by atoms with E-state index in [-0.39, 0.29) is 11.6 Å². The van der Waals surface area contributed by atoms with E-state index in [0.29, 0.717) is 0 Å². The molecule has 0 aromatic rings. The molecule has 0 saturated carbocycles. The molecule has 0 aromatic carbocycles. The summed E-state index contributed by atoms with van der Waals surface area (Å²) >= 11 is 0. The van der Waals surface area contributed by atoms with Crippen molar-refractivity contribution in [1.29, 1.82) is 0 Å². The van der Waals surface area contributed by atoms with E-state index >= 15 is 0 Å². The second-order valence-electron chi connectivity index (χ2n) is 4.41. The van der Waals surface area contributed by atoms with Crippen LogP contribution in [-0.4, -0.2) is 34.7 Å². The van der Waals surface area contributed by atoms with Crippen LogP contribution < -0.4 is 0 Å². The normalized spacial score (nSPS) is 27.5. The summed E-state index contributed by atoms with van der Waals surface area (Å²) in [5.41, 5.74) is 0.265. The molecule has 72 valence electrons. The number of β-amino-alcohol motifs (C(OH)–C–C–N with tert-alkyl or cyclic N) is 1. The highest BCUT2D eigenvalue weighted by Crippen LogP contribution is 2.23. The minimum absolute atomic E-state index is 0.0930. The summed E-state index contributed by atoms with van der Waals surface area (Å²) in [5, 5.41) is 9.50. The van der Waals surface area contributed by atoms with Gasteiger partial charge in [-0.15, -0.1) is 0 Å². The van der Waals surface area contributed by atoms with E-state index in [0.717, 1.165) is 32.4 Å². The molecule has 0 aliphatic carbocycles. The first kappa shape index (κ1) is 10.0. The van der Waals surface area contributed by atoms with Crippen LogP contribution in [0.3, 0.4) is 0 Å². The standard InChI is InChI=1S/C10H21NO/c1-4-10(2,3)11-7-5-6-9(12)8-11/h9,12H,4-8H2,1-3H3. The Bertz CT molecular complexity index is 145. The molecule has 1 heterocycles. The predicted octanol–water partition coefficient (Wildman–Crippen LogP) is 1.63. The smallest absolute Gasteiger partial charge is 0.0667 e. The van der Waals surface area contributed by atoms with Gasteiger partial charge in [-0.1, -0.05) is 6.92 Å². The Morgan fingerprint density at radius 1 is 1.50 bits per heavy atom. The summed E-state index contributed by atoms with van der Waals surface area (Å²) < 4.78 is 0. The quantitative estimate of drug-likeness (QED) is 0.682. The minimum Gasteiger partial charge on any atom is -0.392 e. The first-order valence-corrected chi connectivity index (χ1v) is 4.99. The molecule has 1 fully saturated rings. The Morgan fingerprint density at radius 2 is 2.17 bits per heavy atom. The summed E-state index contributed by atoms with van der Waals surface area (Å²) in [6.07, 6.45) is 3.19. The van der Waals surface area contributed by atoms with Crippen LogP contribution in [0.2, 0.25) is 0 Å². The van der Waals surface area contributed by atoms with Crippen molar-refractivity contribution < 1.29 is 5.11 Å². The highest BCUT2D eigenvalue weighted by Gasteiger charge is 2.28. The van der Waals surface area contributed by atoms with E-state index in [9.17, 15) is 5.11 Å². The van der Waals surface area contributed by atoms with Crippen molar-refractivity contribution >= 4 is 0 Å². The Kier molecular flexibility index (Phi) is 3.13. The Labute approximate surface area is 75.6 Å². The van der Waals surface area contributed by atoms with Gasteiger partial charge in [0.25, 0.3) is 0 Å². The highest BCUT2D eigenvalue weighted by atomic mass is 16.3. The molecule has 1 aliphatic rings. The van der Waals surface area contributed by atoms with Crippen LogP contribution in [-0.2, 0) is 0 Å². The zero-order valence-corrected chi connectivity index (χ0v) is 8.51. The van der Waals surface area contributed by atoms with Gasteiger partial charge in [-0.3, -0.25) is 4.90 Å². The fraction of sp³-hybridized carbons (Fsp3) is 1.00. The molecule has 1 aliphatic heterocycles. The van der Waals surface area contributed by atoms with Gasteiger partial charge in [0.05, 0.1) is 6.10 Å². The van der Waals surface area contributed by atoms with E-state index in [2.05, 4.69) is 25.7 Å². The third-order valence-electron chi connectivity index (χ3n) is 3.12. The number of aliphatic hydroxyl groups is 1. The summed E-state index contributed by atoms with van der Waals surface area (Å²) in [6, 6.07) is 0. The van der Waals surface area contributed by atoms with Crippen molar-refractivity contribution in [3.05, 3.63) is 0 Å². The second-order valence-corrected chi connectivity index (χ2v) is 4.41. The van der Waals surface area contributed by atoms with Crippen molar-refractivity contribution in [2.45, 2.75) is 51.7 Å². The number of nitrogens with zero attached hydrogens (tertiary/aromatic N) is 1. The molecule has 1 unspecified atom stereocenters. The maximum atomic E-state index is 9.50. The summed E-state index contributed by atoms with van der Waals surface area (Å²) in [4.78, 5) is 2.40. The Hall–Kier alpha value is -0.0800. The average Bonchev–Trinajstić information content (AvgIpc) is 2.05.